The molecule has 0 saturated heterocycles. The average Bonchev–Trinajstić information content (AvgIpc) is 2.77. The number of rotatable bonds is 10. The zero-order valence-electron chi connectivity index (χ0n) is 19.8. The number of ether oxygens (including phenoxy) is 2. The highest BCUT2D eigenvalue weighted by Crippen LogP contribution is 2.27. The fourth-order valence-corrected chi connectivity index (χ4v) is 4.61. The van der Waals surface area contributed by atoms with Crippen LogP contribution in [0.4, 0.5) is 5.69 Å². The molecule has 0 bridgehead atoms. The van der Waals surface area contributed by atoms with Crippen LogP contribution >= 0.6 is 0 Å². The second kappa shape index (κ2) is 11.3. The summed E-state index contributed by atoms with van der Waals surface area (Å²) >= 11 is 0. The van der Waals surface area contributed by atoms with Gasteiger partial charge in [-0.15, -0.1) is 0 Å². The molecule has 2 aromatic carbocycles. The first kappa shape index (κ1) is 26.3. The fourth-order valence-electron chi connectivity index (χ4n) is 3.16. The number of hydrogen-bond donors (Lipinski definition) is 2. The summed E-state index contributed by atoms with van der Waals surface area (Å²) in [7, 11) is -2.58. The molecule has 180 valence electrons. The Balaban J connectivity index is 2.20. The molecule has 2 atom stereocenters. The number of para-hydroxylation sites is 1. The van der Waals surface area contributed by atoms with Crippen LogP contribution in [0.3, 0.4) is 0 Å². The predicted molar refractivity (Wildman–Crippen MR) is 127 cm³/mol. The van der Waals surface area contributed by atoms with Crippen molar-refractivity contribution in [2.75, 3.05) is 12.4 Å². The van der Waals surface area contributed by atoms with Gasteiger partial charge in [-0.3, -0.25) is 4.79 Å². The van der Waals surface area contributed by atoms with Gasteiger partial charge in [0.15, 0.2) is 6.10 Å². The smallest absolute Gasteiger partial charge is 0.338 e. The van der Waals surface area contributed by atoms with Gasteiger partial charge in [0, 0.05) is 11.7 Å². The molecule has 0 radical (unpaired) electrons. The number of carbonyl (C=O) groups excluding carboxylic acids is 2. The number of nitrogens with one attached hydrogen (secondary N) is 2. The quantitative estimate of drug-likeness (QED) is 0.500. The van der Waals surface area contributed by atoms with Gasteiger partial charge in [-0.25, -0.2) is 17.9 Å². The van der Waals surface area contributed by atoms with Crippen LogP contribution in [0.15, 0.2) is 47.4 Å². The van der Waals surface area contributed by atoms with E-state index in [-0.39, 0.29) is 28.2 Å². The van der Waals surface area contributed by atoms with Crippen molar-refractivity contribution >= 4 is 27.6 Å². The molecule has 0 aliphatic heterocycles. The van der Waals surface area contributed by atoms with E-state index >= 15 is 0 Å². The zero-order valence-corrected chi connectivity index (χ0v) is 20.7. The van der Waals surface area contributed by atoms with E-state index < -0.39 is 28.0 Å². The van der Waals surface area contributed by atoms with Crippen molar-refractivity contribution in [3.63, 3.8) is 0 Å². The van der Waals surface area contributed by atoms with Crippen molar-refractivity contribution in [1.29, 1.82) is 0 Å². The third kappa shape index (κ3) is 6.79. The maximum atomic E-state index is 12.7. The minimum absolute atomic E-state index is 0.0143. The summed E-state index contributed by atoms with van der Waals surface area (Å²) in [6, 6.07) is 11.1. The van der Waals surface area contributed by atoms with Crippen LogP contribution in [0.2, 0.25) is 0 Å². The van der Waals surface area contributed by atoms with Crippen LogP contribution in [-0.2, 0) is 19.6 Å². The number of benzene rings is 2. The summed E-state index contributed by atoms with van der Waals surface area (Å²) in [6.45, 7) is 8.95. The standard InChI is InChI=1S/C24H32N2O6S/c1-7-16(4)19-10-8-9-11-20(19)25-23(27)17(5)32-24(28)18-12-13-21(31-6)22(14-18)33(29,30)26-15(2)3/h8-17,26H,7H2,1-6H3,(H,25,27). The van der Waals surface area contributed by atoms with E-state index in [9.17, 15) is 18.0 Å². The van der Waals surface area contributed by atoms with Crippen LogP contribution in [0.25, 0.3) is 0 Å². The van der Waals surface area contributed by atoms with Gasteiger partial charge in [-0.05, 0) is 62.9 Å². The van der Waals surface area contributed by atoms with Crippen LogP contribution < -0.4 is 14.8 Å². The fraction of sp³-hybridized carbons (Fsp3) is 0.417. The van der Waals surface area contributed by atoms with E-state index in [2.05, 4.69) is 23.9 Å². The van der Waals surface area contributed by atoms with Gasteiger partial charge in [-0.2, -0.15) is 0 Å². The van der Waals surface area contributed by atoms with E-state index in [1.54, 1.807) is 19.9 Å². The normalized spacial score (nSPS) is 13.3. The molecule has 33 heavy (non-hydrogen) atoms. The van der Waals surface area contributed by atoms with Gasteiger partial charge in [0.25, 0.3) is 5.91 Å². The van der Waals surface area contributed by atoms with E-state index in [0.29, 0.717) is 5.69 Å². The van der Waals surface area contributed by atoms with Gasteiger partial charge in [-0.1, -0.05) is 32.0 Å². The zero-order chi connectivity index (χ0) is 24.8. The van der Waals surface area contributed by atoms with Crippen LogP contribution in [0.5, 0.6) is 5.75 Å². The predicted octanol–water partition coefficient (Wildman–Crippen LogP) is 4.08. The number of anilines is 1. The van der Waals surface area contributed by atoms with E-state index in [1.165, 1.54) is 32.2 Å². The molecule has 0 aliphatic carbocycles. The molecule has 2 rings (SSSR count). The summed E-state index contributed by atoms with van der Waals surface area (Å²) < 4.78 is 38.2. The van der Waals surface area contributed by atoms with E-state index in [4.69, 9.17) is 9.47 Å². The molecule has 2 N–H and O–H groups in total. The van der Waals surface area contributed by atoms with Crippen molar-refractivity contribution in [2.24, 2.45) is 0 Å². The third-order valence-electron chi connectivity index (χ3n) is 5.09. The molecular formula is C24H32N2O6S. The molecule has 1 amide bonds. The Bertz CT molecular complexity index is 1100. The summed E-state index contributed by atoms with van der Waals surface area (Å²) in [4.78, 5) is 25.2. The second-order valence-corrected chi connectivity index (χ2v) is 9.76. The summed E-state index contributed by atoms with van der Waals surface area (Å²) in [6.07, 6.45) is -0.190. The van der Waals surface area contributed by atoms with Crippen LogP contribution in [0, 0.1) is 0 Å². The summed E-state index contributed by atoms with van der Waals surface area (Å²) in [5, 5.41) is 2.82. The first-order chi connectivity index (χ1) is 15.5. The molecule has 0 heterocycles. The number of carbonyl (C=O) groups is 2. The Morgan fingerprint density at radius 2 is 1.70 bits per heavy atom. The van der Waals surface area contributed by atoms with Crippen LogP contribution in [0.1, 0.15) is 62.9 Å². The summed E-state index contributed by atoms with van der Waals surface area (Å²) in [5.41, 5.74) is 1.64. The van der Waals surface area contributed by atoms with Crippen molar-refractivity contribution in [2.45, 2.75) is 64.0 Å². The number of esters is 1. The van der Waals surface area contributed by atoms with E-state index in [1.807, 2.05) is 18.2 Å². The molecule has 2 aromatic rings. The Hall–Kier alpha value is -2.91. The highest BCUT2D eigenvalue weighted by Gasteiger charge is 2.25. The van der Waals surface area contributed by atoms with E-state index in [0.717, 1.165) is 12.0 Å². The number of amides is 1. The maximum Gasteiger partial charge on any atom is 0.338 e. The van der Waals surface area contributed by atoms with Gasteiger partial charge in [0.1, 0.15) is 10.6 Å². The highest BCUT2D eigenvalue weighted by atomic mass is 32.2. The van der Waals surface area contributed by atoms with Crippen molar-refractivity contribution in [3.05, 3.63) is 53.6 Å². The Kier molecular flexibility index (Phi) is 9.01. The minimum Gasteiger partial charge on any atom is -0.495 e. The molecule has 2 unspecified atom stereocenters. The Morgan fingerprint density at radius 3 is 2.30 bits per heavy atom. The third-order valence-corrected chi connectivity index (χ3v) is 6.77. The average molecular weight is 477 g/mol. The molecular weight excluding hydrogens is 444 g/mol. The monoisotopic (exact) mass is 476 g/mol. The number of sulfonamides is 1. The second-order valence-electron chi connectivity index (χ2n) is 8.07. The molecule has 0 fully saturated rings. The lowest BCUT2D eigenvalue weighted by molar-refractivity contribution is -0.123. The highest BCUT2D eigenvalue weighted by molar-refractivity contribution is 7.89. The van der Waals surface area contributed by atoms with Crippen molar-refractivity contribution in [1.82, 2.24) is 4.72 Å². The van der Waals surface area contributed by atoms with Crippen LogP contribution in [-0.4, -0.2) is 39.5 Å². The number of hydrogen-bond acceptors (Lipinski definition) is 6. The van der Waals surface area contributed by atoms with Gasteiger partial charge >= 0.3 is 5.97 Å². The topological polar surface area (TPSA) is 111 Å². The Morgan fingerprint density at radius 1 is 1.03 bits per heavy atom. The molecule has 9 heteroatoms. The Labute approximate surface area is 195 Å². The SMILES string of the molecule is CCC(C)c1ccccc1NC(=O)C(C)OC(=O)c1ccc(OC)c(S(=O)(=O)NC(C)C)c1. The first-order valence-corrected chi connectivity index (χ1v) is 12.3. The summed E-state index contributed by atoms with van der Waals surface area (Å²) in [5.74, 6) is -0.968. The molecule has 0 aromatic heterocycles. The van der Waals surface area contributed by atoms with Crippen molar-refractivity contribution < 1.29 is 27.5 Å². The molecule has 0 spiro atoms. The maximum absolute atomic E-state index is 12.7. The lowest BCUT2D eigenvalue weighted by atomic mass is 9.97. The lowest BCUT2D eigenvalue weighted by Gasteiger charge is -2.18. The van der Waals surface area contributed by atoms with Gasteiger partial charge < -0.3 is 14.8 Å². The minimum atomic E-state index is -3.92. The lowest BCUT2D eigenvalue weighted by Crippen LogP contribution is -2.31. The molecule has 8 nitrogen and oxygen atoms in total. The largest absolute Gasteiger partial charge is 0.495 e. The first-order valence-electron chi connectivity index (χ1n) is 10.8. The number of methoxy groups -OCH3 is 1. The van der Waals surface area contributed by atoms with Gasteiger partial charge in [0.05, 0.1) is 12.7 Å². The van der Waals surface area contributed by atoms with Crippen molar-refractivity contribution in [3.8, 4) is 5.75 Å². The van der Waals surface area contributed by atoms with Gasteiger partial charge in [0.2, 0.25) is 10.0 Å². The molecule has 0 aliphatic rings. The molecule has 0 saturated carbocycles.